The minimum atomic E-state index is -0.240. The Labute approximate surface area is 187 Å². The van der Waals surface area contributed by atoms with Gasteiger partial charge in [0.25, 0.3) is 5.56 Å². The summed E-state index contributed by atoms with van der Waals surface area (Å²) in [4.78, 5) is 24.4. The van der Waals surface area contributed by atoms with Crippen LogP contribution in [0.5, 0.6) is 0 Å². The topological polar surface area (TPSA) is 102 Å². The summed E-state index contributed by atoms with van der Waals surface area (Å²) in [7, 11) is 0. The van der Waals surface area contributed by atoms with Gasteiger partial charge in [-0.05, 0) is 23.6 Å². The van der Waals surface area contributed by atoms with E-state index in [4.69, 9.17) is 4.52 Å². The van der Waals surface area contributed by atoms with Crippen LogP contribution in [0.25, 0.3) is 28.1 Å². The van der Waals surface area contributed by atoms with E-state index in [1.54, 1.807) is 4.68 Å². The first kappa shape index (κ1) is 20.2. The third-order valence-electron chi connectivity index (χ3n) is 5.05. The average Bonchev–Trinajstić information content (AvgIpc) is 3.46. The van der Waals surface area contributed by atoms with Crippen molar-refractivity contribution in [3.05, 3.63) is 82.6 Å². The van der Waals surface area contributed by atoms with Gasteiger partial charge in [0.05, 0.1) is 17.6 Å². The monoisotopic (exact) mass is 444 g/mol. The highest BCUT2D eigenvalue weighted by Gasteiger charge is 2.14. The Kier molecular flexibility index (Phi) is 5.32. The molecular formula is C23H20N6O2S. The molecule has 1 N–H and O–H groups in total. The van der Waals surface area contributed by atoms with Crippen LogP contribution in [0.1, 0.15) is 31.2 Å². The van der Waals surface area contributed by atoms with Gasteiger partial charge in [-0.15, -0.1) is 0 Å². The van der Waals surface area contributed by atoms with Gasteiger partial charge < -0.3 is 9.51 Å². The first-order valence-corrected chi connectivity index (χ1v) is 11.2. The van der Waals surface area contributed by atoms with Crippen LogP contribution < -0.4 is 5.56 Å². The molecule has 0 radical (unpaired) electrons. The van der Waals surface area contributed by atoms with Crippen molar-refractivity contribution in [1.82, 2.24) is 29.9 Å². The lowest BCUT2D eigenvalue weighted by molar-refractivity contribution is 0.391. The van der Waals surface area contributed by atoms with Crippen molar-refractivity contribution in [1.29, 1.82) is 0 Å². The molecule has 3 heterocycles. The van der Waals surface area contributed by atoms with Crippen molar-refractivity contribution in [2.45, 2.75) is 30.7 Å². The molecule has 0 aliphatic heterocycles. The van der Waals surface area contributed by atoms with Crippen LogP contribution in [0.15, 0.2) is 75.3 Å². The summed E-state index contributed by atoms with van der Waals surface area (Å²) in [6.45, 7) is 4.31. The normalized spacial score (nSPS) is 11.5. The average molecular weight is 445 g/mol. The molecule has 0 spiro atoms. The molecule has 0 aliphatic rings. The molecule has 2 aromatic carbocycles. The third kappa shape index (κ3) is 3.94. The second-order valence-corrected chi connectivity index (χ2v) is 8.54. The van der Waals surface area contributed by atoms with Gasteiger partial charge in [-0.3, -0.25) is 4.79 Å². The maximum atomic E-state index is 12.5. The van der Waals surface area contributed by atoms with E-state index in [-0.39, 0.29) is 5.56 Å². The predicted octanol–water partition coefficient (Wildman–Crippen LogP) is 4.57. The number of fused-ring (bicyclic) bond motifs is 1. The van der Waals surface area contributed by atoms with E-state index in [0.717, 1.165) is 11.3 Å². The molecule has 0 atom stereocenters. The number of thioether (sulfide) groups is 1. The number of aromatic nitrogens is 6. The summed E-state index contributed by atoms with van der Waals surface area (Å²) in [6, 6.07) is 17.7. The minimum absolute atomic E-state index is 0.240. The zero-order chi connectivity index (χ0) is 22.1. The van der Waals surface area contributed by atoms with Crippen LogP contribution in [0, 0.1) is 0 Å². The largest absolute Gasteiger partial charge is 0.338 e. The molecule has 160 valence electrons. The van der Waals surface area contributed by atoms with Crippen LogP contribution in [0.2, 0.25) is 0 Å². The Morgan fingerprint density at radius 2 is 1.84 bits per heavy atom. The van der Waals surface area contributed by atoms with Crippen molar-refractivity contribution in [2.75, 3.05) is 0 Å². The number of nitrogens with one attached hydrogen (secondary N) is 1. The van der Waals surface area contributed by atoms with Gasteiger partial charge >= 0.3 is 0 Å². The zero-order valence-corrected chi connectivity index (χ0v) is 18.3. The molecule has 0 aliphatic carbocycles. The zero-order valence-electron chi connectivity index (χ0n) is 17.5. The second-order valence-electron chi connectivity index (χ2n) is 7.58. The third-order valence-corrected chi connectivity index (χ3v) is 5.91. The molecule has 0 amide bonds. The Morgan fingerprint density at radius 1 is 1.06 bits per heavy atom. The predicted molar refractivity (Wildman–Crippen MR) is 123 cm³/mol. The molecule has 8 nitrogen and oxygen atoms in total. The lowest BCUT2D eigenvalue weighted by Crippen LogP contribution is -2.09. The smallest absolute Gasteiger partial charge is 0.262 e. The quantitative estimate of drug-likeness (QED) is 0.302. The highest BCUT2D eigenvalue weighted by Crippen LogP contribution is 2.24. The van der Waals surface area contributed by atoms with Crippen LogP contribution in [0.4, 0.5) is 0 Å². The molecule has 5 aromatic rings. The van der Waals surface area contributed by atoms with E-state index in [9.17, 15) is 4.79 Å². The Hall–Kier alpha value is -3.72. The van der Waals surface area contributed by atoms with E-state index in [1.165, 1.54) is 23.5 Å². The van der Waals surface area contributed by atoms with Crippen molar-refractivity contribution in [3.8, 4) is 17.1 Å². The van der Waals surface area contributed by atoms with Crippen molar-refractivity contribution in [2.24, 2.45) is 0 Å². The van der Waals surface area contributed by atoms with E-state index >= 15 is 0 Å². The molecule has 32 heavy (non-hydrogen) atoms. The van der Waals surface area contributed by atoms with Crippen molar-refractivity contribution in [3.63, 3.8) is 0 Å². The van der Waals surface area contributed by atoms with E-state index in [1.807, 2.05) is 42.5 Å². The number of hydrogen-bond donors (Lipinski definition) is 1. The summed E-state index contributed by atoms with van der Waals surface area (Å²) in [5, 5.41) is 9.30. The fourth-order valence-electron chi connectivity index (χ4n) is 3.30. The number of H-pyrrole nitrogens is 1. The highest BCUT2D eigenvalue weighted by molar-refractivity contribution is 7.98. The Bertz CT molecular complexity index is 1420. The van der Waals surface area contributed by atoms with E-state index < -0.39 is 0 Å². The number of hydrogen-bond acceptors (Lipinski definition) is 7. The van der Waals surface area contributed by atoms with Crippen molar-refractivity contribution >= 4 is 22.8 Å². The molecule has 0 saturated heterocycles. The molecule has 5 rings (SSSR count). The van der Waals surface area contributed by atoms with Crippen LogP contribution in [-0.4, -0.2) is 29.9 Å². The molecule has 3 aromatic heterocycles. The SMILES string of the molecule is CC(C)c1ccc(-c2noc(CSc3nc4c(cnn4-c4ccccc4)c(=O)[nH]3)n2)cc1. The number of nitrogens with zero attached hydrogens (tertiary/aromatic N) is 5. The lowest BCUT2D eigenvalue weighted by atomic mass is 10.0. The summed E-state index contributed by atoms with van der Waals surface area (Å²) in [5.41, 5.74) is 3.25. The van der Waals surface area contributed by atoms with E-state index in [2.05, 4.69) is 51.2 Å². The Balaban J connectivity index is 1.36. The van der Waals surface area contributed by atoms with Crippen LogP contribution in [0.3, 0.4) is 0 Å². The summed E-state index contributed by atoms with van der Waals surface area (Å²) in [6.07, 6.45) is 1.53. The van der Waals surface area contributed by atoms with Crippen LogP contribution >= 0.6 is 11.8 Å². The number of benzene rings is 2. The molecule has 0 fully saturated rings. The molecular weight excluding hydrogens is 424 g/mol. The summed E-state index contributed by atoms with van der Waals surface area (Å²) < 4.78 is 7.05. The molecule has 0 bridgehead atoms. The summed E-state index contributed by atoms with van der Waals surface area (Å²) in [5.74, 6) is 1.84. The van der Waals surface area contributed by atoms with Gasteiger partial charge in [-0.25, -0.2) is 9.67 Å². The fraction of sp³-hybridized carbons (Fsp3) is 0.174. The standard InChI is InChI=1S/C23H20N6O2S/c1-14(2)15-8-10-16(11-9-15)20-25-19(31-28-20)13-32-23-26-21-18(22(30)27-23)12-24-29(21)17-6-4-3-5-7-17/h3-12,14H,13H2,1-2H3,(H,26,27,30). The lowest BCUT2D eigenvalue weighted by Gasteiger charge is -2.04. The highest BCUT2D eigenvalue weighted by atomic mass is 32.2. The second kappa shape index (κ2) is 8.43. The molecule has 0 unspecified atom stereocenters. The number of para-hydroxylation sites is 1. The van der Waals surface area contributed by atoms with Gasteiger partial charge in [-0.2, -0.15) is 10.1 Å². The molecule has 0 saturated carbocycles. The van der Waals surface area contributed by atoms with Crippen LogP contribution in [-0.2, 0) is 5.75 Å². The maximum Gasteiger partial charge on any atom is 0.262 e. The van der Waals surface area contributed by atoms with Crippen molar-refractivity contribution < 1.29 is 4.52 Å². The molecule has 9 heteroatoms. The first-order valence-electron chi connectivity index (χ1n) is 10.2. The Morgan fingerprint density at radius 3 is 2.59 bits per heavy atom. The summed E-state index contributed by atoms with van der Waals surface area (Å²) >= 11 is 1.32. The minimum Gasteiger partial charge on any atom is -0.338 e. The van der Waals surface area contributed by atoms with Gasteiger partial charge in [-0.1, -0.05) is 73.2 Å². The fourth-order valence-corrected chi connectivity index (χ4v) is 4.00. The first-order chi connectivity index (χ1) is 15.6. The number of aromatic amines is 1. The van der Waals surface area contributed by atoms with E-state index in [0.29, 0.717) is 39.6 Å². The van der Waals surface area contributed by atoms with Gasteiger partial charge in [0.2, 0.25) is 11.7 Å². The van der Waals surface area contributed by atoms with Gasteiger partial charge in [0.1, 0.15) is 5.39 Å². The number of rotatable bonds is 6. The maximum absolute atomic E-state index is 12.5. The van der Waals surface area contributed by atoms with Gasteiger partial charge in [0.15, 0.2) is 10.8 Å². The van der Waals surface area contributed by atoms with Gasteiger partial charge in [0, 0.05) is 5.56 Å².